The molecular formula is C17H17N3O2S. The maximum absolute atomic E-state index is 12.0. The van der Waals surface area contributed by atoms with Crippen LogP contribution in [0.5, 0.6) is 0 Å². The lowest BCUT2D eigenvalue weighted by Gasteiger charge is -2.11. The van der Waals surface area contributed by atoms with E-state index in [4.69, 9.17) is 12.2 Å². The molecule has 118 valence electrons. The Morgan fingerprint density at radius 1 is 0.870 bits per heavy atom. The van der Waals surface area contributed by atoms with Crippen molar-refractivity contribution in [3.63, 3.8) is 0 Å². The molecule has 0 saturated heterocycles. The molecule has 0 aliphatic carbocycles. The zero-order chi connectivity index (χ0) is 16.8. The Balaban J connectivity index is 1.88. The van der Waals surface area contributed by atoms with Crippen molar-refractivity contribution in [3.05, 3.63) is 70.8 Å². The molecule has 0 radical (unpaired) electrons. The van der Waals surface area contributed by atoms with Gasteiger partial charge in [0.05, 0.1) is 0 Å². The highest BCUT2D eigenvalue weighted by Crippen LogP contribution is 2.06. The normalized spacial score (nSPS) is 9.83. The highest BCUT2D eigenvalue weighted by atomic mass is 32.1. The predicted octanol–water partition coefficient (Wildman–Crippen LogP) is 2.25. The third-order valence-electron chi connectivity index (χ3n) is 3.22. The van der Waals surface area contributed by atoms with Gasteiger partial charge in [-0.15, -0.1) is 0 Å². The molecule has 2 amide bonds. The van der Waals surface area contributed by atoms with E-state index in [1.54, 1.807) is 24.3 Å². The van der Waals surface area contributed by atoms with Crippen LogP contribution in [0.25, 0.3) is 0 Å². The Hall–Kier alpha value is -2.73. The predicted molar refractivity (Wildman–Crippen MR) is 93.0 cm³/mol. The number of hydrogen-bond donors (Lipinski definition) is 3. The average Bonchev–Trinajstić information content (AvgIpc) is 2.53. The molecule has 23 heavy (non-hydrogen) atoms. The van der Waals surface area contributed by atoms with Gasteiger partial charge in [0.1, 0.15) is 0 Å². The Labute approximate surface area is 140 Å². The van der Waals surface area contributed by atoms with Crippen molar-refractivity contribution in [3.8, 4) is 0 Å². The van der Waals surface area contributed by atoms with Gasteiger partial charge in [-0.3, -0.25) is 25.8 Å². The SMILES string of the molecule is Cc1ccc(C(=O)NC(=S)NNC(=O)c2ccccc2C)cc1. The summed E-state index contributed by atoms with van der Waals surface area (Å²) in [5.74, 6) is -0.664. The Morgan fingerprint density at radius 3 is 2.17 bits per heavy atom. The van der Waals surface area contributed by atoms with Gasteiger partial charge in [0.25, 0.3) is 11.8 Å². The fourth-order valence-corrected chi connectivity index (χ4v) is 2.06. The molecule has 0 bridgehead atoms. The van der Waals surface area contributed by atoms with Crippen molar-refractivity contribution in [1.82, 2.24) is 16.2 Å². The van der Waals surface area contributed by atoms with Gasteiger partial charge < -0.3 is 0 Å². The number of hydrogen-bond acceptors (Lipinski definition) is 3. The maximum atomic E-state index is 12.0. The van der Waals surface area contributed by atoms with E-state index in [1.807, 2.05) is 38.1 Å². The van der Waals surface area contributed by atoms with E-state index >= 15 is 0 Å². The monoisotopic (exact) mass is 327 g/mol. The second kappa shape index (κ2) is 7.51. The number of rotatable bonds is 2. The topological polar surface area (TPSA) is 70.2 Å². The summed E-state index contributed by atoms with van der Waals surface area (Å²) in [6, 6.07) is 14.3. The van der Waals surface area contributed by atoms with Crippen molar-refractivity contribution in [2.45, 2.75) is 13.8 Å². The van der Waals surface area contributed by atoms with E-state index in [2.05, 4.69) is 16.2 Å². The lowest BCUT2D eigenvalue weighted by Crippen LogP contribution is -2.48. The smallest absolute Gasteiger partial charge is 0.269 e. The van der Waals surface area contributed by atoms with E-state index in [9.17, 15) is 9.59 Å². The van der Waals surface area contributed by atoms with E-state index < -0.39 is 0 Å². The number of hydrazine groups is 1. The quantitative estimate of drug-likeness (QED) is 0.584. The molecule has 0 spiro atoms. The van der Waals surface area contributed by atoms with E-state index in [1.165, 1.54) is 0 Å². The summed E-state index contributed by atoms with van der Waals surface area (Å²) in [6.07, 6.45) is 0. The molecule has 0 aliphatic rings. The van der Waals surface area contributed by atoms with Crippen LogP contribution in [0.3, 0.4) is 0 Å². The number of nitrogens with one attached hydrogen (secondary N) is 3. The van der Waals surface area contributed by atoms with E-state index in [0.29, 0.717) is 11.1 Å². The highest BCUT2D eigenvalue weighted by molar-refractivity contribution is 7.80. The standard InChI is InChI=1S/C17H17N3O2S/c1-11-7-9-13(10-8-11)15(21)18-17(23)20-19-16(22)14-6-4-3-5-12(14)2/h3-10H,1-2H3,(H,19,22)(H2,18,20,21,23). The molecular weight excluding hydrogens is 310 g/mol. The molecule has 0 heterocycles. The van der Waals surface area contributed by atoms with Gasteiger partial charge in [0.2, 0.25) is 0 Å². The second-order valence-electron chi connectivity index (χ2n) is 5.04. The van der Waals surface area contributed by atoms with Gasteiger partial charge in [0, 0.05) is 11.1 Å². The van der Waals surface area contributed by atoms with Gasteiger partial charge in [-0.2, -0.15) is 0 Å². The van der Waals surface area contributed by atoms with E-state index in [0.717, 1.165) is 11.1 Å². The average molecular weight is 327 g/mol. The van der Waals surface area contributed by atoms with Crippen LogP contribution in [0.15, 0.2) is 48.5 Å². The molecule has 0 atom stereocenters. The highest BCUT2D eigenvalue weighted by Gasteiger charge is 2.10. The minimum Gasteiger partial charge on any atom is -0.298 e. The number of carbonyl (C=O) groups excluding carboxylic acids is 2. The van der Waals surface area contributed by atoms with Crippen molar-refractivity contribution in [2.24, 2.45) is 0 Å². The molecule has 0 fully saturated rings. The van der Waals surface area contributed by atoms with Crippen molar-refractivity contribution < 1.29 is 9.59 Å². The summed E-state index contributed by atoms with van der Waals surface area (Å²) in [4.78, 5) is 24.0. The van der Waals surface area contributed by atoms with Gasteiger partial charge in [-0.05, 0) is 49.8 Å². The Kier molecular flexibility index (Phi) is 5.43. The number of amides is 2. The number of aryl methyl sites for hydroxylation is 2. The van der Waals surface area contributed by atoms with Crippen LogP contribution in [0, 0.1) is 13.8 Å². The molecule has 5 nitrogen and oxygen atoms in total. The summed E-state index contributed by atoms with van der Waals surface area (Å²) in [6.45, 7) is 3.78. The Morgan fingerprint density at radius 2 is 1.52 bits per heavy atom. The lowest BCUT2D eigenvalue weighted by atomic mass is 10.1. The molecule has 2 aromatic rings. The fraction of sp³-hybridized carbons (Fsp3) is 0.118. The van der Waals surface area contributed by atoms with E-state index in [-0.39, 0.29) is 16.9 Å². The minimum absolute atomic E-state index is 0.0255. The summed E-state index contributed by atoms with van der Waals surface area (Å²) >= 11 is 5.00. The first kappa shape index (κ1) is 16.6. The number of benzene rings is 2. The first-order valence-corrected chi connectivity index (χ1v) is 7.42. The lowest BCUT2D eigenvalue weighted by molar-refractivity contribution is 0.0934. The maximum Gasteiger partial charge on any atom is 0.269 e. The van der Waals surface area contributed by atoms with Crippen molar-refractivity contribution in [1.29, 1.82) is 0 Å². The zero-order valence-corrected chi connectivity index (χ0v) is 13.7. The summed E-state index contributed by atoms with van der Waals surface area (Å²) in [5.41, 5.74) is 7.92. The molecule has 2 aromatic carbocycles. The molecule has 2 rings (SSSR count). The first-order chi connectivity index (χ1) is 11.0. The molecule has 0 unspecified atom stereocenters. The van der Waals surface area contributed by atoms with Crippen LogP contribution in [-0.4, -0.2) is 16.9 Å². The van der Waals surface area contributed by atoms with Crippen LogP contribution in [0.4, 0.5) is 0 Å². The molecule has 6 heteroatoms. The van der Waals surface area contributed by atoms with Crippen molar-refractivity contribution in [2.75, 3.05) is 0 Å². The fourth-order valence-electron chi connectivity index (χ4n) is 1.92. The van der Waals surface area contributed by atoms with Crippen LogP contribution < -0.4 is 16.2 Å². The largest absolute Gasteiger partial charge is 0.298 e. The van der Waals surface area contributed by atoms with Crippen LogP contribution >= 0.6 is 12.2 Å². The molecule has 3 N–H and O–H groups in total. The van der Waals surface area contributed by atoms with Gasteiger partial charge in [0.15, 0.2) is 5.11 Å². The number of thiocarbonyl (C=S) groups is 1. The Bertz CT molecular complexity index is 742. The summed E-state index contributed by atoms with van der Waals surface area (Å²) in [7, 11) is 0. The van der Waals surface area contributed by atoms with Crippen molar-refractivity contribution >= 4 is 29.1 Å². The van der Waals surface area contributed by atoms with Crippen LogP contribution in [0.2, 0.25) is 0 Å². The molecule has 0 saturated carbocycles. The summed E-state index contributed by atoms with van der Waals surface area (Å²) in [5, 5.41) is 2.53. The summed E-state index contributed by atoms with van der Waals surface area (Å²) < 4.78 is 0. The minimum atomic E-state index is -0.340. The zero-order valence-electron chi connectivity index (χ0n) is 12.8. The third kappa shape index (κ3) is 4.62. The first-order valence-electron chi connectivity index (χ1n) is 7.01. The second-order valence-corrected chi connectivity index (χ2v) is 5.45. The van der Waals surface area contributed by atoms with Gasteiger partial charge in [-0.25, -0.2) is 0 Å². The third-order valence-corrected chi connectivity index (χ3v) is 3.42. The molecule has 0 aromatic heterocycles. The molecule has 0 aliphatic heterocycles. The van der Waals surface area contributed by atoms with Gasteiger partial charge >= 0.3 is 0 Å². The number of carbonyl (C=O) groups is 2. The van der Waals surface area contributed by atoms with Crippen LogP contribution in [-0.2, 0) is 0 Å². The van der Waals surface area contributed by atoms with Crippen LogP contribution in [0.1, 0.15) is 31.8 Å². The van der Waals surface area contributed by atoms with Gasteiger partial charge in [-0.1, -0.05) is 35.9 Å².